The monoisotopic (exact) mass is 436 g/mol. The molecular weight excluding hydrogens is 414 g/mol. The minimum atomic E-state index is -2.61. The summed E-state index contributed by atoms with van der Waals surface area (Å²) < 4.78 is 28.1. The fourth-order valence-electron chi connectivity index (χ4n) is 4.57. The molecule has 30 heavy (non-hydrogen) atoms. The van der Waals surface area contributed by atoms with E-state index in [1.165, 1.54) is 0 Å². The number of carbonyl (C=O) groups excluding carboxylic acids is 2. The van der Waals surface area contributed by atoms with Gasteiger partial charge < -0.3 is 10.6 Å². The molecule has 6 nitrogen and oxygen atoms in total. The number of rotatable bonds is 5. The lowest BCUT2D eigenvalue weighted by Crippen LogP contribution is -2.45. The molecule has 1 aromatic heterocycles. The molecule has 2 aliphatic rings. The Kier molecular flexibility index (Phi) is 5.08. The van der Waals surface area contributed by atoms with E-state index in [9.17, 15) is 18.4 Å². The SMILES string of the molecule is CC1(CCC(=O)N2CCn3nc(-c4cccc(Cl)c4)c(C(N)=O)c3C2)CC(F)(F)C1. The molecular formula is C21H23ClF2N4O2. The molecule has 1 aromatic carbocycles. The van der Waals surface area contributed by atoms with E-state index in [2.05, 4.69) is 5.10 Å². The number of aromatic nitrogens is 2. The molecule has 0 atom stereocenters. The van der Waals surface area contributed by atoms with E-state index in [4.69, 9.17) is 17.3 Å². The fourth-order valence-corrected chi connectivity index (χ4v) is 4.76. The number of hydrogen-bond acceptors (Lipinski definition) is 3. The zero-order valence-electron chi connectivity index (χ0n) is 16.6. The van der Waals surface area contributed by atoms with Gasteiger partial charge in [-0.15, -0.1) is 0 Å². The van der Waals surface area contributed by atoms with Crippen LogP contribution in [0.2, 0.25) is 5.02 Å². The smallest absolute Gasteiger partial charge is 0.252 e. The van der Waals surface area contributed by atoms with Gasteiger partial charge in [-0.2, -0.15) is 5.10 Å². The van der Waals surface area contributed by atoms with Crippen molar-refractivity contribution in [1.82, 2.24) is 14.7 Å². The molecule has 1 fully saturated rings. The molecule has 0 bridgehead atoms. The molecule has 0 saturated heterocycles. The maximum Gasteiger partial charge on any atom is 0.252 e. The first-order valence-corrected chi connectivity index (χ1v) is 10.3. The minimum absolute atomic E-state index is 0.112. The summed E-state index contributed by atoms with van der Waals surface area (Å²) in [6.07, 6.45) is 0.283. The van der Waals surface area contributed by atoms with Crippen molar-refractivity contribution in [2.75, 3.05) is 6.54 Å². The van der Waals surface area contributed by atoms with Crippen molar-refractivity contribution in [3.8, 4) is 11.3 Å². The molecule has 1 aliphatic carbocycles. The van der Waals surface area contributed by atoms with Crippen LogP contribution in [0.4, 0.5) is 8.78 Å². The third kappa shape index (κ3) is 3.93. The number of halogens is 3. The lowest BCUT2D eigenvalue weighted by atomic mass is 9.65. The fraction of sp³-hybridized carbons (Fsp3) is 0.476. The van der Waals surface area contributed by atoms with Gasteiger partial charge in [-0.1, -0.05) is 30.7 Å². The van der Waals surface area contributed by atoms with Crippen LogP contribution < -0.4 is 5.73 Å². The number of carbonyl (C=O) groups is 2. The Labute approximate surface area is 178 Å². The second kappa shape index (κ2) is 7.34. The molecule has 9 heteroatoms. The average Bonchev–Trinajstić information content (AvgIpc) is 3.03. The summed E-state index contributed by atoms with van der Waals surface area (Å²) in [6.45, 7) is 2.87. The number of alkyl halides is 2. The summed E-state index contributed by atoms with van der Waals surface area (Å²) in [7, 11) is 0. The van der Waals surface area contributed by atoms with Crippen LogP contribution in [0.3, 0.4) is 0 Å². The van der Waals surface area contributed by atoms with Crippen LogP contribution in [-0.4, -0.2) is 39.0 Å². The van der Waals surface area contributed by atoms with Gasteiger partial charge in [0.05, 0.1) is 24.3 Å². The van der Waals surface area contributed by atoms with Crippen molar-refractivity contribution in [1.29, 1.82) is 0 Å². The largest absolute Gasteiger partial charge is 0.365 e. The van der Waals surface area contributed by atoms with Gasteiger partial charge in [-0.3, -0.25) is 14.3 Å². The number of hydrogen-bond donors (Lipinski definition) is 1. The van der Waals surface area contributed by atoms with Crippen molar-refractivity contribution < 1.29 is 18.4 Å². The number of fused-ring (bicyclic) bond motifs is 1. The van der Waals surface area contributed by atoms with Gasteiger partial charge in [0.1, 0.15) is 5.69 Å². The highest BCUT2D eigenvalue weighted by Crippen LogP contribution is 2.54. The van der Waals surface area contributed by atoms with Crippen LogP contribution in [0.25, 0.3) is 11.3 Å². The highest BCUT2D eigenvalue weighted by Gasteiger charge is 2.53. The Hall–Kier alpha value is -2.48. The Morgan fingerprint density at radius 3 is 2.63 bits per heavy atom. The van der Waals surface area contributed by atoms with E-state index in [0.29, 0.717) is 41.5 Å². The predicted octanol–water partition coefficient (Wildman–Crippen LogP) is 3.86. The van der Waals surface area contributed by atoms with E-state index >= 15 is 0 Å². The molecule has 0 unspecified atom stereocenters. The van der Waals surface area contributed by atoms with Crippen LogP contribution in [0.15, 0.2) is 24.3 Å². The van der Waals surface area contributed by atoms with E-state index in [0.717, 1.165) is 0 Å². The summed E-state index contributed by atoms with van der Waals surface area (Å²) >= 11 is 6.07. The normalized spacial score (nSPS) is 19.1. The van der Waals surface area contributed by atoms with Crippen LogP contribution in [0.5, 0.6) is 0 Å². The van der Waals surface area contributed by atoms with E-state index in [-0.39, 0.29) is 37.3 Å². The average molecular weight is 437 g/mol. The molecule has 0 spiro atoms. The van der Waals surface area contributed by atoms with Crippen LogP contribution >= 0.6 is 11.6 Å². The molecule has 0 radical (unpaired) electrons. The Morgan fingerprint density at radius 2 is 2.00 bits per heavy atom. The zero-order chi connectivity index (χ0) is 21.7. The maximum atomic E-state index is 13.2. The number of primary amides is 1. The Bertz CT molecular complexity index is 1010. The standard InChI is InChI=1S/C21H23ClF2N4O2/c1-20(11-21(23,24)12-20)6-5-16(29)27-7-8-28-15(10-27)17(19(25)30)18(26-28)13-3-2-4-14(22)9-13/h2-4,9H,5-8,10-12H2,1H3,(H2,25,30). The summed E-state index contributed by atoms with van der Waals surface area (Å²) in [5.41, 5.74) is 7.13. The molecule has 1 saturated carbocycles. The number of benzene rings is 1. The van der Waals surface area contributed by atoms with Gasteiger partial charge >= 0.3 is 0 Å². The third-order valence-corrected chi connectivity index (χ3v) is 6.23. The lowest BCUT2D eigenvalue weighted by molar-refractivity contribution is -0.160. The molecule has 2 amide bonds. The number of amides is 2. The summed E-state index contributed by atoms with van der Waals surface area (Å²) in [5, 5.41) is 5.05. The highest BCUT2D eigenvalue weighted by atomic mass is 35.5. The van der Waals surface area contributed by atoms with Gasteiger partial charge in [-0.05, 0) is 24.0 Å². The first-order valence-electron chi connectivity index (χ1n) is 9.88. The quantitative estimate of drug-likeness (QED) is 0.772. The van der Waals surface area contributed by atoms with Crippen LogP contribution in [-0.2, 0) is 17.9 Å². The second-order valence-corrected chi connectivity index (χ2v) is 9.04. The Morgan fingerprint density at radius 1 is 1.27 bits per heavy atom. The highest BCUT2D eigenvalue weighted by molar-refractivity contribution is 6.30. The van der Waals surface area contributed by atoms with E-state index in [1.54, 1.807) is 40.8 Å². The van der Waals surface area contributed by atoms with Crippen molar-refractivity contribution >= 4 is 23.4 Å². The lowest BCUT2D eigenvalue weighted by Gasteiger charge is -2.45. The van der Waals surface area contributed by atoms with Gasteiger partial charge in [0.15, 0.2) is 0 Å². The summed E-state index contributed by atoms with van der Waals surface area (Å²) in [4.78, 5) is 26.6. The molecule has 4 rings (SSSR count). The molecule has 2 aromatic rings. The van der Waals surface area contributed by atoms with Gasteiger partial charge in [0.2, 0.25) is 11.8 Å². The van der Waals surface area contributed by atoms with Gasteiger partial charge in [0.25, 0.3) is 5.91 Å². The third-order valence-electron chi connectivity index (χ3n) is 5.99. The maximum absolute atomic E-state index is 13.2. The number of nitrogens with two attached hydrogens (primary N) is 1. The van der Waals surface area contributed by atoms with Crippen LogP contribution in [0.1, 0.15) is 48.7 Å². The zero-order valence-corrected chi connectivity index (χ0v) is 17.4. The van der Waals surface area contributed by atoms with E-state index < -0.39 is 17.2 Å². The van der Waals surface area contributed by atoms with Crippen LogP contribution in [0, 0.1) is 5.41 Å². The summed E-state index contributed by atoms with van der Waals surface area (Å²) in [5.74, 6) is -3.34. The number of nitrogens with zero attached hydrogens (tertiary/aromatic N) is 3. The van der Waals surface area contributed by atoms with E-state index in [1.807, 2.05) is 0 Å². The summed E-state index contributed by atoms with van der Waals surface area (Å²) in [6, 6.07) is 7.00. The first-order chi connectivity index (χ1) is 14.1. The topological polar surface area (TPSA) is 81.2 Å². The van der Waals surface area contributed by atoms with Crippen molar-refractivity contribution in [3.05, 3.63) is 40.5 Å². The van der Waals surface area contributed by atoms with Crippen molar-refractivity contribution in [3.63, 3.8) is 0 Å². The van der Waals surface area contributed by atoms with Crippen molar-refractivity contribution in [2.24, 2.45) is 11.1 Å². The van der Waals surface area contributed by atoms with Crippen molar-refractivity contribution in [2.45, 2.75) is 51.6 Å². The first kappa shape index (κ1) is 20.8. The Balaban J connectivity index is 1.52. The predicted molar refractivity (Wildman–Crippen MR) is 108 cm³/mol. The molecule has 2 heterocycles. The molecule has 160 valence electrons. The van der Waals surface area contributed by atoms with Gasteiger partial charge in [0, 0.05) is 36.4 Å². The molecule has 1 aliphatic heterocycles. The molecule has 2 N–H and O–H groups in total. The second-order valence-electron chi connectivity index (χ2n) is 8.60. The van der Waals surface area contributed by atoms with Gasteiger partial charge in [-0.25, -0.2) is 8.78 Å². The minimum Gasteiger partial charge on any atom is -0.365 e.